The lowest BCUT2D eigenvalue weighted by atomic mass is 10.2. The van der Waals surface area contributed by atoms with Crippen molar-refractivity contribution in [2.45, 2.75) is 20.4 Å². The van der Waals surface area contributed by atoms with E-state index in [4.69, 9.17) is 16.3 Å². The molecule has 0 aliphatic heterocycles. The number of nitrogens with one attached hydrogen (secondary N) is 1. The Labute approximate surface area is 119 Å². The fourth-order valence-corrected chi connectivity index (χ4v) is 2.14. The molecule has 3 heteroatoms. The van der Waals surface area contributed by atoms with Crippen molar-refractivity contribution >= 4 is 17.3 Å². The maximum Gasteiger partial charge on any atom is 0.137 e. The van der Waals surface area contributed by atoms with Crippen LogP contribution in [0.15, 0.2) is 42.5 Å². The van der Waals surface area contributed by atoms with Crippen molar-refractivity contribution in [2.24, 2.45) is 0 Å². The number of rotatable bonds is 5. The van der Waals surface area contributed by atoms with Crippen LogP contribution in [0, 0.1) is 6.92 Å². The second-order valence-corrected chi connectivity index (χ2v) is 4.83. The van der Waals surface area contributed by atoms with E-state index in [9.17, 15) is 0 Å². The molecule has 0 saturated carbocycles. The first-order chi connectivity index (χ1) is 9.19. The zero-order chi connectivity index (χ0) is 13.7. The van der Waals surface area contributed by atoms with Gasteiger partial charge in [0.1, 0.15) is 5.75 Å². The third kappa shape index (κ3) is 3.90. The summed E-state index contributed by atoms with van der Waals surface area (Å²) in [5, 5.41) is 4.04. The Morgan fingerprint density at radius 1 is 1.16 bits per heavy atom. The third-order valence-electron chi connectivity index (χ3n) is 2.81. The molecule has 0 amide bonds. The lowest BCUT2D eigenvalue weighted by Crippen LogP contribution is -2.00. The molecule has 2 nitrogen and oxygen atoms in total. The Morgan fingerprint density at radius 3 is 2.68 bits per heavy atom. The zero-order valence-corrected chi connectivity index (χ0v) is 12.0. The van der Waals surface area contributed by atoms with Crippen LogP contribution in [0.5, 0.6) is 5.75 Å². The minimum absolute atomic E-state index is 0.626. The van der Waals surface area contributed by atoms with Crippen molar-refractivity contribution in [3.63, 3.8) is 0 Å². The molecule has 100 valence electrons. The fourth-order valence-electron chi connectivity index (χ4n) is 1.89. The van der Waals surface area contributed by atoms with E-state index in [0.29, 0.717) is 11.6 Å². The topological polar surface area (TPSA) is 21.3 Å². The molecule has 0 heterocycles. The molecule has 19 heavy (non-hydrogen) atoms. The van der Waals surface area contributed by atoms with Crippen molar-refractivity contribution in [3.05, 3.63) is 58.6 Å². The van der Waals surface area contributed by atoms with Crippen LogP contribution >= 0.6 is 11.6 Å². The predicted molar refractivity (Wildman–Crippen MR) is 81.1 cm³/mol. The monoisotopic (exact) mass is 275 g/mol. The van der Waals surface area contributed by atoms with Gasteiger partial charge in [-0.2, -0.15) is 0 Å². The largest absolute Gasteiger partial charge is 0.492 e. The molecule has 0 spiro atoms. The van der Waals surface area contributed by atoms with Gasteiger partial charge in [-0.05, 0) is 49.2 Å². The fraction of sp³-hybridized carbons (Fsp3) is 0.250. The molecule has 0 aliphatic rings. The van der Waals surface area contributed by atoms with Crippen molar-refractivity contribution in [3.8, 4) is 5.75 Å². The molecular weight excluding hydrogens is 258 g/mol. The van der Waals surface area contributed by atoms with Crippen molar-refractivity contribution in [1.29, 1.82) is 0 Å². The Balaban J connectivity index is 2.02. The summed E-state index contributed by atoms with van der Waals surface area (Å²) in [5.41, 5.74) is 3.50. The summed E-state index contributed by atoms with van der Waals surface area (Å²) >= 11 is 6.16. The van der Waals surface area contributed by atoms with Gasteiger partial charge in [0, 0.05) is 12.2 Å². The van der Waals surface area contributed by atoms with E-state index in [1.165, 1.54) is 5.56 Å². The lowest BCUT2D eigenvalue weighted by molar-refractivity contribution is 0.340. The average molecular weight is 276 g/mol. The van der Waals surface area contributed by atoms with Crippen LogP contribution < -0.4 is 10.1 Å². The molecule has 0 fully saturated rings. The van der Waals surface area contributed by atoms with E-state index >= 15 is 0 Å². The van der Waals surface area contributed by atoms with Gasteiger partial charge < -0.3 is 10.1 Å². The predicted octanol–water partition coefficient (Wildman–Crippen LogP) is 4.66. The van der Waals surface area contributed by atoms with Gasteiger partial charge in [0.05, 0.1) is 11.6 Å². The summed E-state index contributed by atoms with van der Waals surface area (Å²) < 4.78 is 5.42. The van der Waals surface area contributed by atoms with E-state index in [1.807, 2.05) is 31.2 Å². The van der Waals surface area contributed by atoms with Crippen LogP contribution in [-0.2, 0) is 6.54 Å². The molecular formula is C16H18ClNO. The van der Waals surface area contributed by atoms with Crippen LogP contribution in [-0.4, -0.2) is 6.61 Å². The van der Waals surface area contributed by atoms with E-state index in [0.717, 1.165) is 23.5 Å². The Morgan fingerprint density at radius 2 is 2.00 bits per heavy atom. The zero-order valence-electron chi connectivity index (χ0n) is 11.2. The Kier molecular flexibility index (Phi) is 4.69. The minimum Gasteiger partial charge on any atom is -0.492 e. The van der Waals surface area contributed by atoms with Crippen LogP contribution in [0.1, 0.15) is 18.1 Å². The normalized spacial score (nSPS) is 10.3. The average Bonchev–Trinajstić information content (AvgIpc) is 2.39. The molecule has 0 saturated heterocycles. The van der Waals surface area contributed by atoms with Crippen molar-refractivity contribution in [1.82, 2.24) is 0 Å². The third-order valence-corrected chi connectivity index (χ3v) is 3.11. The first-order valence-electron chi connectivity index (χ1n) is 6.41. The number of aryl methyl sites for hydroxylation is 1. The molecule has 0 radical (unpaired) electrons. The van der Waals surface area contributed by atoms with Crippen LogP contribution in [0.2, 0.25) is 5.02 Å². The number of benzene rings is 2. The highest BCUT2D eigenvalue weighted by Gasteiger charge is 2.02. The first kappa shape index (κ1) is 13.8. The summed E-state index contributed by atoms with van der Waals surface area (Å²) in [4.78, 5) is 0. The number of ether oxygens (including phenoxy) is 1. The van der Waals surface area contributed by atoms with E-state index < -0.39 is 0 Å². The quantitative estimate of drug-likeness (QED) is 0.857. The maximum atomic E-state index is 6.16. The number of anilines is 1. The van der Waals surface area contributed by atoms with E-state index in [-0.39, 0.29) is 0 Å². The molecule has 0 aromatic heterocycles. The van der Waals surface area contributed by atoms with E-state index in [2.05, 4.69) is 30.4 Å². The second kappa shape index (κ2) is 6.48. The molecule has 2 rings (SSSR count). The molecule has 0 aliphatic carbocycles. The van der Waals surface area contributed by atoms with Gasteiger partial charge in [-0.25, -0.2) is 0 Å². The summed E-state index contributed by atoms with van der Waals surface area (Å²) in [6.07, 6.45) is 0. The molecule has 0 unspecified atom stereocenters. The standard InChI is InChI=1S/C16H18ClNO/c1-3-19-16-8-7-13(10-15(16)17)11-18-14-6-4-5-12(2)9-14/h4-10,18H,3,11H2,1-2H3. The smallest absolute Gasteiger partial charge is 0.137 e. The van der Waals surface area contributed by atoms with Gasteiger partial charge in [0.2, 0.25) is 0 Å². The first-order valence-corrected chi connectivity index (χ1v) is 6.78. The van der Waals surface area contributed by atoms with Gasteiger partial charge >= 0.3 is 0 Å². The van der Waals surface area contributed by atoms with Crippen molar-refractivity contribution in [2.75, 3.05) is 11.9 Å². The molecule has 0 bridgehead atoms. The highest BCUT2D eigenvalue weighted by Crippen LogP contribution is 2.25. The van der Waals surface area contributed by atoms with Gasteiger partial charge in [-0.3, -0.25) is 0 Å². The summed E-state index contributed by atoms with van der Waals surface area (Å²) in [6.45, 7) is 5.40. The van der Waals surface area contributed by atoms with Crippen molar-refractivity contribution < 1.29 is 4.74 Å². The van der Waals surface area contributed by atoms with Crippen LogP contribution in [0.3, 0.4) is 0 Å². The van der Waals surface area contributed by atoms with E-state index in [1.54, 1.807) is 0 Å². The highest BCUT2D eigenvalue weighted by molar-refractivity contribution is 6.32. The number of halogens is 1. The maximum absolute atomic E-state index is 6.16. The molecule has 2 aromatic carbocycles. The number of hydrogen-bond acceptors (Lipinski definition) is 2. The highest BCUT2D eigenvalue weighted by atomic mass is 35.5. The van der Waals surface area contributed by atoms with Gasteiger partial charge in [0.25, 0.3) is 0 Å². The second-order valence-electron chi connectivity index (χ2n) is 4.42. The Bertz CT molecular complexity index is 554. The summed E-state index contributed by atoms with van der Waals surface area (Å²) in [6, 6.07) is 14.2. The Hall–Kier alpha value is -1.67. The summed E-state index contributed by atoms with van der Waals surface area (Å²) in [5.74, 6) is 0.739. The molecule has 1 N–H and O–H groups in total. The van der Waals surface area contributed by atoms with Gasteiger partial charge in [0.15, 0.2) is 0 Å². The lowest BCUT2D eigenvalue weighted by Gasteiger charge is -2.10. The summed E-state index contributed by atoms with van der Waals surface area (Å²) in [7, 11) is 0. The van der Waals surface area contributed by atoms with Gasteiger partial charge in [-0.15, -0.1) is 0 Å². The van der Waals surface area contributed by atoms with Gasteiger partial charge in [-0.1, -0.05) is 29.8 Å². The molecule has 2 aromatic rings. The molecule has 0 atom stereocenters. The minimum atomic E-state index is 0.626. The SMILES string of the molecule is CCOc1ccc(CNc2cccc(C)c2)cc1Cl. The van der Waals surface area contributed by atoms with Crippen LogP contribution in [0.25, 0.3) is 0 Å². The number of hydrogen-bond donors (Lipinski definition) is 1. The van der Waals surface area contributed by atoms with Crippen LogP contribution in [0.4, 0.5) is 5.69 Å².